The number of anilines is 1. The highest BCUT2D eigenvalue weighted by molar-refractivity contribution is 6.08. The van der Waals surface area contributed by atoms with E-state index in [1.165, 1.54) is 6.07 Å². The van der Waals surface area contributed by atoms with Crippen molar-refractivity contribution in [3.05, 3.63) is 46.5 Å². The lowest BCUT2D eigenvalue weighted by molar-refractivity contribution is -0.383. The number of non-ortho nitro benzene ring substituents is 1. The Morgan fingerprint density at radius 1 is 1.08 bits per heavy atom. The molecule has 3 heterocycles. The number of nitro groups is 1. The predicted octanol–water partition coefficient (Wildman–Crippen LogP) is 2.89. The van der Waals surface area contributed by atoms with Gasteiger partial charge in [0.1, 0.15) is 0 Å². The van der Waals surface area contributed by atoms with Crippen LogP contribution in [0.2, 0.25) is 0 Å². The second-order valence-corrected chi connectivity index (χ2v) is 6.84. The van der Waals surface area contributed by atoms with Crippen molar-refractivity contribution in [1.29, 1.82) is 0 Å². The van der Waals surface area contributed by atoms with Gasteiger partial charge in [0.05, 0.1) is 34.1 Å². The predicted molar refractivity (Wildman–Crippen MR) is 87.8 cm³/mol. The number of rotatable bonds is 2. The van der Waals surface area contributed by atoms with E-state index in [1.54, 1.807) is 18.2 Å². The Hall–Kier alpha value is -2.47. The van der Waals surface area contributed by atoms with Crippen LogP contribution in [0.5, 0.6) is 0 Å². The van der Waals surface area contributed by atoms with E-state index in [2.05, 4.69) is 0 Å². The highest BCUT2D eigenvalue weighted by Crippen LogP contribution is 2.49. The number of ether oxygens (including phenoxy) is 1. The van der Waals surface area contributed by atoms with Crippen LogP contribution in [0.4, 0.5) is 11.4 Å². The van der Waals surface area contributed by atoms with Crippen LogP contribution in [-0.2, 0) is 9.53 Å². The summed E-state index contributed by atoms with van der Waals surface area (Å²) in [6, 6.07) is 10.4. The Morgan fingerprint density at radius 2 is 1.83 bits per heavy atom. The molecule has 2 aromatic rings. The molecular weight excluding hydrogens is 308 g/mol. The summed E-state index contributed by atoms with van der Waals surface area (Å²) in [5.41, 5.74) is 0.847. The smallest absolute Gasteiger partial charge is 0.277 e. The van der Waals surface area contributed by atoms with Gasteiger partial charge in [-0.3, -0.25) is 14.9 Å². The maximum absolute atomic E-state index is 13.0. The number of nitro benzene ring substituents is 1. The minimum absolute atomic E-state index is 0.0438. The number of hydrogen-bond acceptors (Lipinski definition) is 4. The molecule has 3 saturated heterocycles. The van der Waals surface area contributed by atoms with Gasteiger partial charge in [0.2, 0.25) is 5.91 Å². The maximum Gasteiger partial charge on any atom is 0.277 e. The number of amides is 1. The molecule has 2 bridgehead atoms. The van der Waals surface area contributed by atoms with Gasteiger partial charge in [0.15, 0.2) is 0 Å². The first-order valence-corrected chi connectivity index (χ1v) is 8.28. The standard InChI is InChI=1S/C18H16N2O4/c21-18-17-12(15-7-8-16(17)24-15)9-19(18)13-5-6-14(20(22)23)11-4-2-1-3-10(11)13/h1-6,12,15-17H,7-9H2/t12-,15+,16-,17-/m1/s1. The quantitative estimate of drug-likeness (QED) is 0.629. The molecule has 24 heavy (non-hydrogen) atoms. The molecule has 4 atom stereocenters. The van der Waals surface area contributed by atoms with E-state index >= 15 is 0 Å². The van der Waals surface area contributed by atoms with E-state index in [1.807, 2.05) is 17.0 Å². The van der Waals surface area contributed by atoms with Crippen LogP contribution >= 0.6 is 0 Å². The second kappa shape index (κ2) is 4.77. The van der Waals surface area contributed by atoms with E-state index in [0.717, 1.165) is 23.9 Å². The number of nitrogens with zero attached hydrogens (tertiary/aromatic N) is 2. The van der Waals surface area contributed by atoms with Crippen LogP contribution in [-0.4, -0.2) is 29.6 Å². The van der Waals surface area contributed by atoms with Gasteiger partial charge in [-0.1, -0.05) is 18.2 Å². The van der Waals surface area contributed by atoms with Crippen LogP contribution in [0.25, 0.3) is 10.8 Å². The van der Waals surface area contributed by atoms with Gasteiger partial charge in [-0.05, 0) is 25.0 Å². The molecule has 0 radical (unpaired) electrons. The van der Waals surface area contributed by atoms with Crippen LogP contribution in [0.3, 0.4) is 0 Å². The molecule has 2 aromatic carbocycles. The van der Waals surface area contributed by atoms with Gasteiger partial charge in [-0.25, -0.2) is 0 Å². The third-order valence-corrected chi connectivity index (χ3v) is 5.73. The van der Waals surface area contributed by atoms with Crippen molar-refractivity contribution in [3.8, 4) is 0 Å². The van der Waals surface area contributed by atoms with Crippen molar-refractivity contribution >= 4 is 28.1 Å². The number of hydrogen-bond donors (Lipinski definition) is 0. The summed E-state index contributed by atoms with van der Waals surface area (Å²) in [5.74, 6) is 0.314. The van der Waals surface area contributed by atoms with Gasteiger partial charge in [0.25, 0.3) is 5.69 Å². The average Bonchev–Trinajstić information content (AvgIpc) is 3.27. The Balaban J connectivity index is 1.62. The highest BCUT2D eigenvalue weighted by Gasteiger charge is 2.57. The largest absolute Gasteiger partial charge is 0.374 e. The Bertz CT molecular complexity index is 880. The van der Waals surface area contributed by atoms with Crippen molar-refractivity contribution in [2.24, 2.45) is 11.8 Å². The normalized spacial score (nSPS) is 31.0. The summed E-state index contributed by atoms with van der Waals surface area (Å²) in [6.07, 6.45) is 2.25. The SMILES string of the molecule is O=C1[C@@H]2[C@H](CN1c1ccc([N+](=O)[O-])c3ccccc13)[C@@H]1CC[C@H]2O1. The number of benzene rings is 2. The molecule has 122 valence electrons. The van der Waals surface area contributed by atoms with Crippen molar-refractivity contribution in [2.45, 2.75) is 25.0 Å². The fourth-order valence-electron chi connectivity index (χ4n) is 4.71. The molecule has 3 fully saturated rings. The molecule has 0 N–H and O–H groups in total. The first kappa shape index (κ1) is 13.9. The van der Waals surface area contributed by atoms with E-state index in [-0.39, 0.29) is 40.6 Å². The zero-order chi connectivity index (χ0) is 16.4. The molecule has 0 aliphatic carbocycles. The molecule has 5 rings (SSSR count). The molecular formula is C18H16N2O4. The van der Waals surface area contributed by atoms with E-state index < -0.39 is 0 Å². The average molecular weight is 324 g/mol. The van der Waals surface area contributed by atoms with Crippen molar-refractivity contribution < 1.29 is 14.5 Å². The van der Waals surface area contributed by atoms with Crippen molar-refractivity contribution in [2.75, 3.05) is 11.4 Å². The lowest BCUT2D eigenvalue weighted by Gasteiger charge is -2.21. The van der Waals surface area contributed by atoms with Crippen molar-refractivity contribution in [1.82, 2.24) is 0 Å². The number of carbonyl (C=O) groups is 1. The van der Waals surface area contributed by atoms with E-state index in [9.17, 15) is 14.9 Å². The fourth-order valence-corrected chi connectivity index (χ4v) is 4.71. The Morgan fingerprint density at radius 3 is 2.58 bits per heavy atom. The van der Waals surface area contributed by atoms with E-state index in [0.29, 0.717) is 11.9 Å². The fraction of sp³-hybridized carbons (Fsp3) is 0.389. The van der Waals surface area contributed by atoms with E-state index in [4.69, 9.17) is 4.74 Å². The number of carbonyl (C=O) groups excluding carboxylic acids is 1. The van der Waals surface area contributed by atoms with Crippen LogP contribution in [0.15, 0.2) is 36.4 Å². The highest BCUT2D eigenvalue weighted by atomic mass is 16.6. The molecule has 0 saturated carbocycles. The minimum Gasteiger partial charge on any atom is -0.374 e. The van der Waals surface area contributed by atoms with Crippen LogP contribution in [0.1, 0.15) is 12.8 Å². The van der Waals surface area contributed by atoms with Crippen LogP contribution < -0.4 is 4.90 Å². The molecule has 6 nitrogen and oxygen atoms in total. The summed E-state index contributed by atoms with van der Waals surface area (Å²) < 4.78 is 5.90. The molecule has 0 unspecified atom stereocenters. The summed E-state index contributed by atoms with van der Waals surface area (Å²) in [4.78, 5) is 25.7. The summed E-state index contributed by atoms with van der Waals surface area (Å²) >= 11 is 0. The molecule has 0 aromatic heterocycles. The van der Waals surface area contributed by atoms with Gasteiger partial charge in [-0.2, -0.15) is 0 Å². The summed E-state index contributed by atoms with van der Waals surface area (Å²) in [7, 11) is 0. The monoisotopic (exact) mass is 324 g/mol. The van der Waals surface area contributed by atoms with Crippen molar-refractivity contribution in [3.63, 3.8) is 0 Å². The minimum atomic E-state index is -0.374. The molecule has 3 aliphatic heterocycles. The lowest BCUT2D eigenvalue weighted by atomic mass is 9.81. The Kier molecular flexibility index (Phi) is 2.77. The zero-order valence-corrected chi connectivity index (χ0v) is 12.9. The topological polar surface area (TPSA) is 72.7 Å². The summed E-state index contributed by atoms with van der Waals surface area (Å²) in [5, 5.41) is 12.6. The maximum atomic E-state index is 13.0. The summed E-state index contributed by atoms with van der Waals surface area (Å²) in [6.45, 7) is 0.645. The first-order chi connectivity index (χ1) is 11.6. The second-order valence-electron chi connectivity index (χ2n) is 6.84. The van der Waals surface area contributed by atoms with Crippen LogP contribution in [0, 0.1) is 22.0 Å². The number of fused-ring (bicyclic) bond motifs is 6. The molecule has 6 heteroatoms. The molecule has 1 amide bonds. The first-order valence-electron chi connectivity index (χ1n) is 8.28. The van der Waals surface area contributed by atoms with Gasteiger partial charge >= 0.3 is 0 Å². The third kappa shape index (κ3) is 1.72. The molecule has 3 aliphatic rings. The Labute approximate surface area is 138 Å². The zero-order valence-electron chi connectivity index (χ0n) is 12.9. The van der Waals surface area contributed by atoms with Gasteiger partial charge in [0, 0.05) is 23.9 Å². The van der Waals surface area contributed by atoms with Gasteiger partial charge in [-0.15, -0.1) is 0 Å². The lowest BCUT2D eigenvalue weighted by Crippen LogP contribution is -2.31. The third-order valence-electron chi connectivity index (χ3n) is 5.73. The molecule has 0 spiro atoms. The van der Waals surface area contributed by atoms with Gasteiger partial charge < -0.3 is 9.64 Å².